The molecule has 2 aromatic carbocycles. The highest BCUT2D eigenvalue weighted by atomic mass is 35.5. The zero-order valence-electron chi connectivity index (χ0n) is 14.7. The fourth-order valence-electron chi connectivity index (χ4n) is 2.92. The molecule has 1 atom stereocenters. The van der Waals surface area contributed by atoms with Crippen molar-refractivity contribution in [3.05, 3.63) is 76.3 Å². The fraction of sp³-hybridized carbons (Fsp3) is 0.158. The monoisotopic (exact) mass is 381 g/mol. The first kappa shape index (κ1) is 17.4. The van der Waals surface area contributed by atoms with Crippen molar-refractivity contribution >= 4 is 23.2 Å². The van der Waals surface area contributed by atoms with E-state index in [0.717, 1.165) is 5.56 Å². The van der Waals surface area contributed by atoms with E-state index in [1.165, 1.54) is 9.58 Å². The fourth-order valence-corrected chi connectivity index (χ4v) is 3.09. The number of hydrogen-bond acceptors (Lipinski definition) is 5. The minimum Gasteiger partial charge on any atom is -0.365 e. The van der Waals surface area contributed by atoms with Gasteiger partial charge in [0.05, 0.1) is 11.4 Å². The van der Waals surface area contributed by atoms with Gasteiger partial charge >= 0.3 is 0 Å². The average Bonchev–Trinajstić information content (AvgIpc) is 3.07. The van der Waals surface area contributed by atoms with E-state index in [0.29, 0.717) is 22.0 Å². The zero-order valence-corrected chi connectivity index (χ0v) is 15.4. The van der Waals surface area contributed by atoms with E-state index in [2.05, 4.69) is 15.1 Å². The van der Waals surface area contributed by atoms with Crippen molar-refractivity contribution in [3.63, 3.8) is 0 Å². The van der Waals surface area contributed by atoms with Crippen LogP contribution in [0.1, 0.15) is 33.8 Å². The van der Waals surface area contributed by atoms with Crippen LogP contribution in [-0.2, 0) is 0 Å². The van der Waals surface area contributed by atoms with Crippen LogP contribution in [-0.4, -0.2) is 50.5 Å². The number of halogens is 1. The van der Waals surface area contributed by atoms with Crippen LogP contribution >= 0.6 is 11.6 Å². The van der Waals surface area contributed by atoms with Gasteiger partial charge in [-0.1, -0.05) is 41.9 Å². The molecule has 0 bridgehead atoms. The van der Waals surface area contributed by atoms with Gasteiger partial charge in [0.15, 0.2) is 5.82 Å². The number of nitrogens with zero attached hydrogens (tertiary/aromatic N) is 5. The number of benzene rings is 2. The van der Waals surface area contributed by atoms with Crippen LogP contribution in [0.4, 0.5) is 0 Å². The van der Waals surface area contributed by atoms with Gasteiger partial charge in [0, 0.05) is 30.2 Å². The van der Waals surface area contributed by atoms with Crippen LogP contribution in [0.2, 0.25) is 5.02 Å². The average molecular weight is 382 g/mol. The molecule has 8 heteroatoms. The number of hydrogen-bond donors (Lipinski definition) is 1. The van der Waals surface area contributed by atoms with Gasteiger partial charge < -0.3 is 10.0 Å². The molecule has 1 unspecified atom stereocenters. The molecule has 0 radical (unpaired) electrons. The first-order valence-corrected chi connectivity index (χ1v) is 8.63. The molecule has 1 amide bonds. The van der Waals surface area contributed by atoms with Crippen LogP contribution in [0.15, 0.2) is 53.5 Å². The van der Waals surface area contributed by atoms with Crippen LogP contribution < -0.4 is 0 Å². The second-order valence-corrected chi connectivity index (χ2v) is 6.72. The van der Waals surface area contributed by atoms with Gasteiger partial charge in [0.1, 0.15) is 0 Å². The van der Waals surface area contributed by atoms with E-state index in [1.54, 1.807) is 32.3 Å². The number of aliphatic hydroxyl groups is 1. The Morgan fingerprint density at radius 3 is 2.63 bits per heavy atom. The van der Waals surface area contributed by atoms with Gasteiger partial charge in [0.2, 0.25) is 12.1 Å². The summed E-state index contributed by atoms with van der Waals surface area (Å²) in [6.45, 7) is 0. The lowest BCUT2D eigenvalue weighted by Crippen LogP contribution is -2.23. The van der Waals surface area contributed by atoms with Crippen molar-refractivity contribution < 1.29 is 9.90 Å². The maximum absolute atomic E-state index is 12.3. The molecule has 0 saturated heterocycles. The highest BCUT2D eigenvalue weighted by Crippen LogP contribution is 2.30. The second-order valence-electron chi connectivity index (χ2n) is 6.28. The normalized spacial score (nSPS) is 15.4. The predicted molar refractivity (Wildman–Crippen MR) is 101 cm³/mol. The molecule has 1 aromatic heterocycles. The number of fused-ring (bicyclic) bond motifs is 3. The molecule has 0 spiro atoms. The Morgan fingerprint density at radius 1 is 1.19 bits per heavy atom. The van der Waals surface area contributed by atoms with Crippen LogP contribution in [0.5, 0.6) is 0 Å². The number of aliphatic hydroxyl groups excluding tert-OH is 1. The molecule has 136 valence electrons. The van der Waals surface area contributed by atoms with E-state index >= 15 is 0 Å². The third-order valence-electron chi connectivity index (χ3n) is 4.20. The summed E-state index contributed by atoms with van der Waals surface area (Å²) in [7, 11) is 3.23. The molecule has 0 saturated carbocycles. The van der Waals surface area contributed by atoms with Crippen LogP contribution in [0.3, 0.4) is 0 Å². The number of carbonyl (C=O) groups excluding carboxylic acids is 1. The first-order chi connectivity index (χ1) is 13.0. The molecule has 4 rings (SSSR count). The molecular formula is C19H16ClN5O2. The molecule has 0 aliphatic carbocycles. The lowest BCUT2D eigenvalue weighted by Gasteiger charge is -2.11. The van der Waals surface area contributed by atoms with E-state index in [9.17, 15) is 9.90 Å². The highest BCUT2D eigenvalue weighted by Gasteiger charge is 2.29. The number of aliphatic imine (C=N–C) groups is 1. The zero-order chi connectivity index (χ0) is 19.1. The maximum atomic E-state index is 12.3. The maximum Gasteiger partial charge on any atom is 0.293 e. The molecule has 3 aromatic rings. The molecule has 0 fully saturated rings. The molecule has 7 nitrogen and oxygen atoms in total. The predicted octanol–water partition coefficient (Wildman–Crippen LogP) is 2.46. The van der Waals surface area contributed by atoms with Gasteiger partial charge in [-0.15, -0.1) is 5.10 Å². The molecule has 1 N–H and O–H groups in total. The molecule has 1 aliphatic heterocycles. The summed E-state index contributed by atoms with van der Waals surface area (Å²) in [6.07, 6.45) is -1.28. The van der Waals surface area contributed by atoms with Gasteiger partial charge in [-0.2, -0.15) is 0 Å². The Labute approximate surface area is 160 Å². The Morgan fingerprint density at radius 2 is 1.93 bits per heavy atom. The number of carbonyl (C=O) groups is 1. The van der Waals surface area contributed by atoms with Gasteiger partial charge in [0.25, 0.3) is 5.91 Å². The summed E-state index contributed by atoms with van der Waals surface area (Å²) in [5.74, 6) is -0.187. The van der Waals surface area contributed by atoms with Gasteiger partial charge in [-0.25, -0.2) is 14.7 Å². The Balaban J connectivity index is 1.96. The molecular weight excluding hydrogens is 366 g/mol. The SMILES string of the molecule is CN(C)C(=O)c1nc2n(n1)-c1ccc(Cl)cc1C(c1ccccc1)=NC2O. The Hall–Kier alpha value is -3.03. The summed E-state index contributed by atoms with van der Waals surface area (Å²) in [6, 6.07) is 14.8. The first-order valence-electron chi connectivity index (χ1n) is 8.26. The van der Waals surface area contributed by atoms with Crippen molar-refractivity contribution in [3.8, 4) is 5.69 Å². The smallest absolute Gasteiger partial charge is 0.293 e. The highest BCUT2D eigenvalue weighted by molar-refractivity contribution is 6.31. The number of aromatic nitrogens is 3. The summed E-state index contributed by atoms with van der Waals surface area (Å²) in [5, 5.41) is 15.5. The van der Waals surface area contributed by atoms with Crippen molar-refractivity contribution in [1.82, 2.24) is 19.7 Å². The van der Waals surface area contributed by atoms with Crippen molar-refractivity contribution in [2.45, 2.75) is 6.23 Å². The van der Waals surface area contributed by atoms with Crippen molar-refractivity contribution in [1.29, 1.82) is 0 Å². The summed E-state index contributed by atoms with van der Waals surface area (Å²) < 4.78 is 1.45. The third-order valence-corrected chi connectivity index (χ3v) is 4.44. The minimum atomic E-state index is -1.28. The van der Waals surface area contributed by atoms with E-state index in [-0.39, 0.29) is 17.6 Å². The van der Waals surface area contributed by atoms with Crippen LogP contribution in [0, 0.1) is 0 Å². The third kappa shape index (κ3) is 3.01. The topological polar surface area (TPSA) is 83.6 Å². The summed E-state index contributed by atoms with van der Waals surface area (Å²) in [5.41, 5.74) is 2.74. The number of amides is 1. The summed E-state index contributed by atoms with van der Waals surface area (Å²) in [4.78, 5) is 22.3. The van der Waals surface area contributed by atoms with Crippen molar-refractivity contribution in [2.75, 3.05) is 14.1 Å². The largest absolute Gasteiger partial charge is 0.365 e. The Kier molecular flexibility index (Phi) is 4.25. The van der Waals surface area contributed by atoms with E-state index in [1.807, 2.05) is 30.3 Å². The van der Waals surface area contributed by atoms with Gasteiger partial charge in [-0.3, -0.25) is 4.79 Å². The second kappa shape index (κ2) is 6.61. The lowest BCUT2D eigenvalue weighted by molar-refractivity contribution is 0.0815. The Bertz CT molecular complexity index is 1060. The summed E-state index contributed by atoms with van der Waals surface area (Å²) >= 11 is 6.22. The molecule has 27 heavy (non-hydrogen) atoms. The van der Waals surface area contributed by atoms with Crippen molar-refractivity contribution in [2.24, 2.45) is 4.99 Å². The van der Waals surface area contributed by atoms with Crippen LogP contribution in [0.25, 0.3) is 5.69 Å². The van der Waals surface area contributed by atoms with Gasteiger partial charge in [-0.05, 0) is 18.2 Å². The van der Waals surface area contributed by atoms with E-state index in [4.69, 9.17) is 11.6 Å². The molecule has 1 aliphatic rings. The molecule has 2 heterocycles. The minimum absolute atomic E-state index is 0.00619. The quantitative estimate of drug-likeness (QED) is 0.739. The lowest BCUT2D eigenvalue weighted by atomic mass is 10.0. The standard InChI is InChI=1S/C19H16ClN5O2/c1-24(2)19(27)16-22-17-18(26)21-15(11-6-4-3-5-7-11)13-10-12(20)8-9-14(13)25(17)23-16/h3-10,18,26H,1-2H3. The van der Waals surface area contributed by atoms with E-state index < -0.39 is 6.23 Å². The number of rotatable bonds is 2.